The molecule has 3 heterocycles. The van der Waals surface area contributed by atoms with Crippen LogP contribution in [0.5, 0.6) is 0 Å². The topological polar surface area (TPSA) is 144 Å². The van der Waals surface area contributed by atoms with Gasteiger partial charge in [-0.05, 0) is 48.0 Å². The Balaban J connectivity index is 1.37. The van der Waals surface area contributed by atoms with Gasteiger partial charge in [-0.1, -0.05) is 29.8 Å². The van der Waals surface area contributed by atoms with E-state index >= 15 is 0 Å². The number of carboxylic acid groups (broad SMARTS) is 2. The van der Waals surface area contributed by atoms with Crippen molar-refractivity contribution in [2.75, 3.05) is 9.80 Å². The Morgan fingerprint density at radius 1 is 0.795 bits per heavy atom. The van der Waals surface area contributed by atoms with E-state index in [1.165, 1.54) is 35.2 Å². The molecule has 0 aromatic heterocycles. The number of imide groups is 1. The number of carbonyl (C=O) groups is 5. The van der Waals surface area contributed by atoms with Crippen LogP contribution in [0.3, 0.4) is 0 Å². The molecule has 3 aromatic carbocycles. The molecule has 10 nitrogen and oxygen atoms in total. The van der Waals surface area contributed by atoms with Gasteiger partial charge >= 0.3 is 11.9 Å². The zero-order chi connectivity index (χ0) is 27.3. The van der Waals surface area contributed by atoms with Crippen molar-refractivity contribution in [2.24, 2.45) is 0 Å². The van der Waals surface area contributed by atoms with Crippen LogP contribution >= 0.6 is 11.6 Å². The normalized spacial score (nSPS) is 22.0. The molecule has 0 saturated heterocycles. The van der Waals surface area contributed by atoms with Crippen molar-refractivity contribution in [3.63, 3.8) is 0 Å². The lowest BCUT2D eigenvalue weighted by Gasteiger charge is -2.43. The van der Waals surface area contributed by atoms with E-state index in [0.717, 1.165) is 4.90 Å². The van der Waals surface area contributed by atoms with Crippen LogP contribution in [0.1, 0.15) is 76.2 Å². The van der Waals surface area contributed by atoms with E-state index in [4.69, 9.17) is 11.6 Å². The average Bonchev–Trinajstić information content (AvgIpc) is 3.20. The second-order valence-electron chi connectivity index (χ2n) is 9.60. The number of aromatic carboxylic acids is 2. The number of carboxylic acids is 2. The van der Waals surface area contributed by atoms with Crippen molar-refractivity contribution in [2.45, 2.75) is 18.1 Å². The highest BCUT2D eigenvalue weighted by molar-refractivity contribution is 6.37. The van der Waals surface area contributed by atoms with E-state index in [2.05, 4.69) is 5.32 Å². The number of hydrogen-bond acceptors (Lipinski definition) is 6. The summed E-state index contributed by atoms with van der Waals surface area (Å²) in [5.74, 6) is -4.88. The van der Waals surface area contributed by atoms with Gasteiger partial charge in [0.15, 0.2) is 0 Å². The Bertz CT molecular complexity index is 1760. The summed E-state index contributed by atoms with van der Waals surface area (Å²) in [5.41, 5.74) is 2.59. The van der Waals surface area contributed by atoms with Crippen LogP contribution in [0.15, 0.2) is 60.7 Å². The van der Waals surface area contributed by atoms with Crippen molar-refractivity contribution < 1.29 is 34.2 Å². The summed E-state index contributed by atoms with van der Waals surface area (Å²) in [7, 11) is 0. The van der Waals surface area contributed by atoms with Gasteiger partial charge in [0.1, 0.15) is 6.17 Å². The van der Waals surface area contributed by atoms with Crippen molar-refractivity contribution in [1.82, 2.24) is 5.32 Å². The van der Waals surface area contributed by atoms with Gasteiger partial charge in [-0.2, -0.15) is 0 Å². The molecule has 0 fully saturated rings. The number of carbonyl (C=O) groups excluding carboxylic acids is 3. The van der Waals surface area contributed by atoms with E-state index in [-0.39, 0.29) is 33.0 Å². The highest BCUT2D eigenvalue weighted by Crippen LogP contribution is 2.51. The predicted octanol–water partition coefficient (Wildman–Crippen LogP) is 3.88. The van der Waals surface area contributed by atoms with Crippen LogP contribution in [0.2, 0.25) is 5.02 Å². The number of hydrogen-bond donors (Lipinski definition) is 3. The lowest BCUT2D eigenvalue weighted by atomic mass is 9.76. The number of amides is 3. The first-order valence-corrected chi connectivity index (χ1v) is 12.3. The Labute approximate surface area is 224 Å². The summed E-state index contributed by atoms with van der Waals surface area (Å²) in [6.07, 6.45) is 2.92. The van der Waals surface area contributed by atoms with Crippen LogP contribution in [0.4, 0.5) is 11.4 Å². The van der Waals surface area contributed by atoms with Crippen LogP contribution in [0.25, 0.3) is 0 Å². The summed E-state index contributed by atoms with van der Waals surface area (Å²) >= 11 is 6.31. The maximum Gasteiger partial charge on any atom is 0.335 e. The third-order valence-corrected chi connectivity index (χ3v) is 7.95. The van der Waals surface area contributed by atoms with Crippen LogP contribution < -0.4 is 15.1 Å². The molecule has 0 saturated carbocycles. The summed E-state index contributed by atoms with van der Waals surface area (Å²) in [6, 6.07) is 11.0. The van der Waals surface area contributed by atoms with Gasteiger partial charge in [-0.25, -0.2) is 14.5 Å². The Hall–Kier alpha value is -4.80. The number of nitrogens with zero attached hydrogens (tertiary/aromatic N) is 2. The first kappa shape index (κ1) is 23.3. The smallest absolute Gasteiger partial charge is 0.335 e. The maximum atomic E-state index is 13.7. The zero-order valence-corrected chi connectivity index (χ0v) is 20.5. The molecular weight excluding hydrogens is 526 g/mol. The molecule has 0 spiro atoms. The summed E-state index contributed by atoms with van der Waals surface area (Å²) in [5, 5.41) is 22.3. The van der Waals surface area contributed by atoms with Crippen LogP contribution in [0, 0.1) is 0 Å². The molecule has 3 atom stereocenters. The van der Waals surface area contributed by atoms with E-state index in [0.29, 0.717) is 22.4 Å². The molecule has 11 heteroatoms. The Morgan fingerprint density at radius 3 is 2.26 bits per heavy atom. The first-order chi connectivity index (χ1) is 18.7. The van der Waals surface area contributed by atoms with Crippen molar-refractivity contribution in [3.8, 4) is 0 Å². The Morgan fingerprint density at radius 2 is 1.51 bits per heavy atom. The number of anilines is 2. The standard InChI is InChI=1S/C28H16ClN3O7/c29-17-6-2-12(28(38)39)10-20(17)32-24(33)14-4-7-18-22-19(8-5-15(21(14)22)25(32)34)31-23(30-18)13-3-1-11(27(36)37)9-16(13)26(31)35/h1-10,14,18,23,30H,(H,36,37)(H,38,39). The van der Waals surface area contributed by atoms with Crippen LogP contribution in [-0.2, 0) is 4.79 Å². The van der Waals surface area contributed by atoms with Gasteiger partial charge in [-0.3, -0.25) is 24.6 Å². The SMILES string of the molecule is O=C(O)c1ccc2c(c1)C(=O)N1c3ccc4c5c3C(C=CC5C(=O)N(c3cc(C(=O)O)ccc3Cl)C4=O)NC21. The molecular formula is C28H16ClN3O7. The fraction of sp³-hybridized carbons (Fsp3) is 0.107. The molecule has 3 aliphatic heterocycles. The van der Waals surface area contributed by atoms with E-state index in [1.54, 1.807) is 30.4 Å². The van der Waals surface area contributed by atoms with Gasteiger partial charge in [0.05, 0.1) is 39.5 Å². The minimum atomic E-state index is -1.23. The quantitative estimate of drug-likeness (QED) is 0.335. The Kier molecular flexibility index (Phi) is 4.70. The largest absolute Gasteiger partial charge is 0.478 e. The predicted molar refractivity (Wildman–Crippen MR) is 137 cm³/mol. The lowest BCUT2D eigenvalue weighted by molar-refractivity contribution is -0.118. The number of benzene rings is 3. The van der Waals surface area contributed by atoms with Gasteiger partial charge in [0.2, 0.25) is 5.91 Å². The van der Waals surface area contributed by atoms with Crippen molar-refractivity contribution >= 4 is 52.6 Å². The minimum absolute atomic E-state index is 0.00430. The second kappa shape index (κ2) is 7.85. The molecule has 3 amide bonds. The second-order valence-corrected chi connectivity index (χ2v) is 10.0. The zero-order valence-electron chi connectivity index (χ0n) is 19.7. The molecule has 3 aromatic rings. The van der Waals surface area contributed by atoms with Gasteiger partial charge in [-0.15, -0.1) is 0 Å². The number of nitrogens with one attached hydrogen (secondary N) is 1. The molecule has 1 aliphatic carbocycles. The fourth-order valence-electron chi connectivity index (χ4n) is 5.93. The van der Waals surface area contributed by atoms with Gasteiger partial charge < -0.3 is 10.2 Å². The lowest BCUT2D eigenvalue weighted by Crippen LogP contribution is -2.49. The van der Waals surface area contributed by atoms with E-state index < -0.39 is 47.8 Å². The maximum absolute atomic E-state index is 13.7. The molecule has 4 aliphatic rings. The summed E-state index contributed by atoms with van der Waals surface area (Å²) in [6.45, 7) is 0. The number of rotatable bonds is 3. The third-order valence-electron chi connectivity index (χ3n) is 7.64. The molecule has 3 unspecified atom stereocenters. The molecule has 39 heavy (non-hydrogen) atoms. The molecule has 3 N–H and O–H groups in total. The van der Waals surface area contributed by atoms with Crippen molar-refractivity contribution in [1.29, 1.82) is 0 Å². The first-order valence-electron chi connectivity index (χ1n) is 11.9. The molecule has 0 radical (unpaired) electrons. The van der Waals surface area contributed by atoms with Gasteiger partial charge in [0, 0.05) is 22.3 Å². The number of fused-ring (bicyclic) bond motifs is 4. The average molecular weight is 542 g/mol. The number of halogens is 1. The van der Waals surface area contributed by atoms with E-state index in [1.807, 2.05) is 0 Å². The molecule has 7 rings (SSSR count). The summed E-state index contributed by atoms with van der Waals surface area (Å²) < 4.78 is 0. The minimum Gasteiger partial charge on any atom is -0.478 e. The fourth-order valence-corrected chi connectivity index (χ4v) is 6.13. The van der Waals surface area contributed by atoms with Gasteiger partial charge in [0.25, 0.3) is 11.8 Å². The summed E-state index contributed by atoms with van der Waals surface area (Å²) in [4.78, 5) is 66.4. The highest BCUT2D eigenvalue weighted by Gasteiger charge is 2.49. The monoisotopic (exact) mass is 541 g/mol. The third kappa shape index (κ3) is 3.03. The highest BCUT2D eigenvalue weighted by atomic mass is 35.5. The van der Waals surface area contributed by atoms with Crippen molar-refractivity contribution in [3.05, 3.63) is 105 Å². The molecule has 0 bridgehead atoms. The molecule has 192 valence electrons. The van der Waals surface area contributed by atoms with E-state index in [9.17, 15) is 34.2 Å². The van der Waals surface area contributed by atoms with Crippen LogP contribution in [-0.4, -0.2) is 39.9 Å².